The summed E-state index contributed by atoms with van der Waals surface area (Å²) >= 11 is 1.62. The van der Waals surface area contributed by atoms with Crippen molar-refractivity contribution >= 4 is 34.4 Å². The molecule has 0 atom stereocenters. The summed E-state index contributed by atoms with van der Waals surface area (Å²) in [6, 6.07) is 17.1. The first-order valence-corrected chi connectivity index (χ1v) is 9.22. The number of hydrogen-bond acceptors (Lipinski definition) is 5. The van der Waals surface area contributed by atoms with E-state index in [1.807, 2.05) is 55.5 Å². The number of rotatable bonds is 4. The standard InChI is InChI=1S/C21H16N4OS/c1-14-8-9-16(27-14)13-23-25-21(26)18-11-20(15-5-4-10-22-12-15)24-19-7-3-2-6-17(18)19/h2-13H,1H3,(H,25,26)/b23-13-. The Balaban J connectivity index is 1.69. The van der Waals surface area contributed by atoms with Crippen LogP contribution in [0.4, 0.5) is 0 Å². The van der Waals surface area contributed by atoms with Crippen molar-refractivity contribution in [3.63, 3.8) is 0 Å². The van der Waals surface area contributed by atoms with Gasteiger partial charge in [0.15, 0.2) is 0 Å². The molecule has 0 saturated heterocycles. The first-order chi connectivity index (χ1) is 13.2. The summed E-state index contributed by atoms with van der Waals surface area (Å²) in [5.74, 6) is -0.275. The van der Waals surface area contributed by atoms with Gasteiger partial charge < -0.3 is 0 Å². The molecule has 4 rings (SSSR count). The molecule has 6 heteroatoms. The molecule has 132 valence electrons. The highest BCUT2D eigenvalue weighted by Crippen LogP contribution is 2.24. The SMILES string of the molecule is Cc1ccc(/C=N\NC(=O)c2cc(-c3cccnc3)nc3ccccc23)s1. The van der Waals surface area contributed by atoms with E-state index in [0.717, 1.165) is 21.3 Å². The Labute approximate surface area is 160 Å². The lowest BCUT2D eigenvalue weighted by atomic mass is 10.0. The van der Waals surface area contributed by atoms with Crippen molar-refractivity contribution in [1.29, 1.82) is 0 Å². The van der Waals surface area contributed by atoms with Crippen LogP contribution in [0.3, 0.4) is 0 Å². The molecule has 1 N–H and O–H groups in total. The molecule has 0 radical (unpaired) electrons. The minimum Gasteiger partial charge on any atom is -0.267 e. The van der Waals surface area contributed by atoms with Gasteiger partial charge in [0.2, 0.25) is 0 Å². The molecule has 5 nitrogen and oxygen atoms in total. The number of hydrogen-bond donors (Lipinski definition) is 1. The van der Waals surface area contributed by atoms with Crippen LogP contribution in [-0.4, -0.2) is 22.1 Å². The maximum atomic E-state index is 12.8. The summed E-state index contributed by atoms with van der Waals surface area (Å²) in [6.07, 6.45) is 5.09. The highest BCUT2D eigenvalue weighted by Gasteiger charge is 2.13. The van der Waals surface area contributed by atoms with Gasteiger partial charge in [-0.05, 0) is 43.3 Å². The lowest BCUT2D eigenvalue weighted by Crippen LogP contribution is -2.18. The van der Waals surface area contributed by atoms with Gasteiger partial charge in [-0.3, -0.25) is 9.78 Å². The number of thiophene rings is 1. The zero-order chi connectivity index (χ0) is 18.6. The molecule has 1 amide bonds. The zero-order valence-corrected chi connectivity index (χ0v) is 15.4. The van der Waals surface area contributed by atoms with E-state index in [2.05, 4.69) is 20.5 Å². The lowest BCUT2D eigenvalue weighted by Gasteiger charge is -2.08. The van der Waals surface area contributed by atoms with Crippen molar-refractivity contribution in [3.8, 4) is 11.3 Å². The fourth-order valence-corrected chi connectivity index (χ4v) is 3.51. The Morgan fingerprint density at radius 1 is 1.15 bits per heavy atom. The van der Waals surface area contributed by atoms with E-state index < -0.39 is 0 Å². The monoisotopic (exact) mass is 372 g/mol. The van der Waals surface area contributed by atoms with Crippen molar-refractivity contribution in [1.82, 2.24) is 15.4 Å². The molecule has 0 aliphatic heterocycles. The molecule has 0 unspecified atom stereocenters. The van der Waals surface area contributed by atoms with Crippen LogP contribution in [0, 0.1) is 6.92 Å². The number of nitrogens with zero attached hydrogens (tertiary/aromatic N) is 3. The van der Waals surface area contributed by atoms with E-state index in [1.54, 1.807) is 36.0 Å². The number of fused-ring (bicyclic) bond motifs is 1. The number of carbonyl (C=O) groups excluding carboxylic acids is 1. The topological polar surface area (TPSA) is 67.2 Å². The van der Waals surface area contributed by atoms with Crippen molar-refractivity contribution in [2.75, 3.05) is 0 Å². The fraction of sp³-hybridized carbons (Fsp3) is 0.0476. The number of pyridine rings is 2. The summed E-state index contributed by atoms with van der Waals surface area (Å²) in [7, 11) is 0. The minimum absolute atomic E-state index is 0.275. The summed E-state index contributed by atoms with van der Waals surface area (Å²) in [4.78, 5) is 23.8. The van der Waals surface area contributed by atoms with E-state index in [4.69, 9.17) is 0 Å². The normalized spacial score (nSPS) is 11.1. The predicted octanol–water partition coefficient (Wildman–Crippen LogP) is 4.43. The van der Waals surface area contributed by atoms with Crippen molar-refractivity contribution in [2.24, 2.45) is 5.10 Å². The van der Waals surface area contributed by atoms with Crippen LogP contribution in [0.2, 0.25) is 0 Å². The molecule has 27 heavy (non-hydrogen) atoms. The summed E-state index contributed by atoms with van der Waals surface area (Å²) < 4.78 is 0. The third-order valence-corrected chi connectivity index (χ3v) is 4.97. The van der Waals surface area contributed by atoms with Gasteiger partial charge in [-0.2, -0.15) is 5.10 Å². The highest BCUT2D eigenvalue weighted by atomic mass is 32.1. The largest absolute Gasteiger partial charge is 0.272 e. The van der Waals surface area contributed by atoms with E-state index in [9.17, 15) is 4.79 Å². The second-order valence-corrected chi connectivity index (χ2v) is 7.28. The number of carbonyl (C=O) groups is 1. The van der Waals surface area contributed by atoms with Gasteiger partial charge in [-0.1, -0.05) is 18.2 Å². The predicted molar refractivity (Wildman–Crippen MR) is 109 cm³/mol. The second-order valence-electron chi connectivity index (χ2n) is 5.96. The first-order valence-electron chi connectivity index (χ1n) is 8.41. The number of hydrazone groups is 1. The van der Waals surface area contributed by atoms with Gasteiger partial charge in [-0.15, -0.1) is 11.3 Å². The smallest absolute Gasteiger partial charge is 0.267 e. The third-order valence-electron chi connectivity index (χ3n) is 4.04. The number of para-hydroxylation sites is 1. The van der Waals surface area contributed by atoms with Gasteiger partial charge in [-0.25, -0.2) is 10.4 Å². The summed E-state index contributed by atoms with van der Waals surface area (Å²) in [5.41, 5.74) is 5.46. The molecule has 3 heterocycles. The average Bonchev–Trinajstić information content (AvgIpc) is 3.12. The molecule has 1 aromatic carbocycles. The van der Waals surface area contributed by atoms with Crippen molar-refractivity contribution in [2.45, 2.75) is 6.92 Å². The third kappa shape index (κ3) is 3.75. The Kier molecular flexibility index (Phi) is 4.72. The van der Waals surface area contributed by atoms with E-state index in [0.29, 0.717) is 11.3 Å². The molecule has 0 aliphatic rings. The second kappa shape index (κ2) is 7.47. The average molecular weight is 372 g/mol. The molecule has 0 fully saturated rings. The molecular formula is C21H16N4OS. The Hall–Kier alpha value is -3.38. The van der Waals surface area contributed by atoms with Crippen LogP contribution < -0.4 is 5.43 Å². The van der Waals surface area contributed by atoms with E-state index in [1.165, 1.54) is 4.88 Å². The zero-order valence-electron chi connectivity index (χ0n) is 14.6. The molecule has 0 saturated carbocycles. The highest BCUT2D eigenvalue weighted by molar-refractivity contribution is 7.13. The molecule has 0 aliphatic carbocycles. The number of nitrogens with one attached hydrogen (secondary N) is 1. The maximum absolute atomic E-state index is 12.8. The van der Waals surface area contributed by atoms with Gasteiger partial charge in [0.25, 0.3) is 5.91 Å². The summed E-state index contributed by atoms with van der Waals surface area (Å²) in [6.45, 7) is 2.03. The van der Waals surface area contributed by atoms with E-state index >= 15 is 0 Å². The maximum Gasteiger partial charge on any atom is 0.272 e. The van der Waals surface area contributed by atoms with Gasteiger partial charge in [0.05, 0.1) is 23.0 Å². The van der Waals surface area contributed by atoms with Gasteiger partial charge >= 0.3 is 0 Å². The van der Waals surface area contributed by atoms with E-state index in [-0.39, 0.29) is 5.91 Å². The number of amides is 1. The summed E-state index contributed by atoms with van der Waals surface area (Å²) in [5, 5.41) is 4.88. The lowest BCUT2D eigenvalue weighted by molar-refractivity contribution is 0.0957. The molecule has 0 bridgehead atoms. The Morgan fingerprint density at radius 2 is 2.04 bits per heavy atom. The molecule has 3 aromatic heterocycles. The van der Waals surface area contributed by atoms with Crippen LogP contribution in [0.1, 0.15) is 20.1 Å². The van der Waals surface area contributed by atoms with Gasteiger partial charge in [0.1, 0.15) is 0 Å². The number of aromatic nitrogens is 2. The Bertz CT molecular complexity index is 1140. The van der Waals surface area contributed by atoms with Crippen LogP contribution in [0.5, 0.6) is 0 Å². The number of benzene rings is 1. The van der Waals surface area contributed by atoms with Crippen LogP contribution >= 0.6 is 11.3 Å². The fourth-order valence-electron chi connectivity index (χ4n) is 2.76. The molecular weight excluding hydrogens is 356 g/mol. The number of aryl methyl sites for hydroxylation is 1. The van der Waals surface area contributed by atoms with Gasteiger partial charge in [0, 0.05) is 33.1 Å². The van der Waals surface area contributed by atoms with Crippen LogP contribution in [0.15, 0.2) is 72.1 Å². The van der Waals surface area contributed by atoms with Crippen molar-refractivity contribution in [3.05, 3.63) is 82.3 Å². The molecule has 0 spiro atoms. The quantitative estimate of drug-likeness (QED) is 0.426. The van der Waals surface area contributed by atoms with Crippen LogP contribution in [0.25, 0.3) is 22.2 Å². The first kappa shape index (κ1) is 17.1. The van der Waals surface area contributed by atoms with Crippen LogP contribution in [-0.2, 0) is 0 Å². The van der Waals surface area contributed by atoms with Crippen molar-refractivity contribution < 1.29 is 4.79 Å². The molecule has 4 aromatic rings. The Morgan fingerprint density at radius 3 is 2.81 bits per heavy atom. The minimum atomic E-state index is -0.275.